The van der Waals surface area contributed by atoms with Crippen molar-refractivity contribution in [1.82, 2.24) is 4.98 Å². The lowest BCUT2D eigenvalue weighted by atomic mass is 9.58. The molecule has 2 N–H and O–H groups in total. The Balaban J connectivity index is 1.93. The fourth-order valence-corrected chi connectivity index (χ4v) is 4.47. The van der Waals surface area contributed by atoms with Gasteiger partial charge in [-0.25, -0.2) is 0 Å². The number of para-hydroxylation sites is 1. The lowest BCUT2D eigenvalue weighted by Gasteiger charge is -2.46. The molecule has 0 radical (unpaired) electrons. The molecule has 0 fully saturated rings. The molecule has 1 aliphatic carbocycles. The van der Waals surface area contributed by atoms with Crippen LogP contribution in [0.1, 0.15) is 11.5 Å². The normalized spacial score (nSPS) is 22.5. The van der Waals surface area contributed by atoms with E-state index in [1.54, 1.807) is 18.5 Å². The van der Waals surface area contributed by atoms with Crippen LogP contribution in [0.3, 0.4) is 0 Å². The van der Waals surface area contributed by atoms with Gasteiger partial charge in [0.25, 0.3) is 0 Å². The Kier molecular flexibility index (Phi) is 4.51. The van der Waals surface area contributed by atoms with Gasteiger partial charge in [-0.3, -0.25) is 4.98 Å². The SMILES string of the molecule is N#CC1=C(N)C(C#N)(C#N)[C@@H](c2cccnc2)[C@H]2CN(c3ccccc3)CC=C12. The van der Waals surface area contributed by atoms with Crippen molar-refractivity contribution in [3.05, 3.63) is 83.3 Å². The number of hydrogen-bond donors (Lipinski definition) is 1. The van der Waals surface area contributed by atoms with Crippen LogP contribution in [-0.2, 0) is 0 Å². The molecule has 0 amide bonds. The van der Waals surface area contributed by atoms with E-state index in [4.69, 9.17) is 5.73 Å². The van der Waals surface area contributed by atoms with Crippen LogP contribution in [0.15, 0.2) is 77.8 Å². The van der Waals surface area contributed by atoms with Gasteiger partial charge in [0.05, 0.1) is 23.4 Å². The van der Waals surface area contributed by atoms with Gasteiger partial charge in [-0.15, -0.1) is 0 Å². The molecule has 1 aromatic carbocycles. The number of nitrogens with zero attached hydrogens (tertiary/aromatic N) is 5. The van der Waals surface area contributed by atoms with Crippen LogP contribution < -0.4 is 10.6 Å². The average molecular weight is 378 g/mol. The van der Waals surface area contributed by atoms with Crippen molar-refractivity contribution in [2.24, 2.45) is 17.1 Å². The van der Waals surface area contributed by atoms with Gasteiger partial charge < -0.3 is 10.6 Å². The number of aromatic nitrogens is 1. The zero-order valence-electron chi connectivity index (χ0n) is 15.7. The van der Waals surface area contributed by atoms with Crippen molar-refractivity contribution in [3.63, 3.8) is 0 Å². The van der Waals surface area contributed by atoms with Gasteiger partial charge in [-0.1, -0.05) is 30.3 Å². The van der Waals surface area contributed by atoms with Gasteiger partial charge in [-0.05, 0) is 29.3 Å². The largest absolute Gasteiger partial charge is 0.399 e. The Bertz CT molecular complexity index is 1100. The van der Waals surface area contributed by atoms with Gasteiger partial charge in [0.1, 0.15) is 6.07 Å². The Hall–Kier alpha value is -4.08. The van der Waals surface area contributed by atoms with Crippen LogP contribution >= 0.6 is 0 Å². The van der Waals surface area contributed by atoms with Crippen molar-refractivity contribution >= 4 is 5.69 Å². The molecule has 29 heavy (non-hydrogen) atoms. The minimum atomic E-state index is -1.63. The fraction of sp³-hybridized carbons (Fsp3) is 0.217. The van der Waals surface area contributed by atoms with Crippen molar-refractivity contribution in [2.45, 2.75) is 5.92 Å². The van der Waals surface area contributed by atoms with E-state index in [1.165, 1.54) is 0 Å². The summed E-state index contributed by atoms with van der Waals surface area (Å²) in [7, 11) is 0. The third kappa shape index (κ3) is 2.73. The molecule has 2 atom stereocenters. The lowest BCUT2D eigenvalue weighted by molar-refractivity contribution is 0.340. The molecule has 6 nitrogen and oxygen atoms in total. The van der Waals surface area contributed by atoms with Crippen molar-refractivity contribution < 1.29 is 0 Å². The second kappa shape index (κ2) is 7.15. The molecule has 0 saturated heterocycles. The summed E-state index contributed by atoms with van der Waals surface area (Å²) in [6.45, 7) is 1.19. The van der Waals surface area contributed by atoms with Crippen molar-refractivity contribution in [2.75, 3.05) is 18.0 Å². The highest BCUT2D eigenvalue weighted by molar-refractivity contribution is 5.61. The number of fused-ring (bicyclic) bond motifs is 1. The molecule has 0 saturated carbocycles. The van der Waals surface area contributed by atoms with Crippen molar-refractivity contribution in [3.8, 4) is 18.2 Å². The quantitative estimate of drug-likeness (QED) is 0.859. The summed E-state index contributed by atoms with van der Waals surface area (Å²) >= 11 is 0. The monoisotopic (exact) mass is 378 g/mol. The topological polar surface area (TPSA) is 114 Å². The Labute approximate surface area is 169 Å². The molecule has 2 aliphatic rings. The second-order valence-corrected chi connectivity index (χ2v) is 7.20. The van der Waals surface area contributed by atoms with E-state index in [0.717, 1.165) is 16.8 Å². The van der Waals surface area contributed by atoms with Gasteiger partial charge in [-0.2, -0.15) is 15.8 Å². The van der Waals surface area contributed by atoms with E-state index in [9.17, 15) is 15.8 Å². The molecule has 2 heterocycles. The molecule has 6 heteroatoms. The molecule has 0 unspecified atom stereocenters. The predicted molar refractivity (Wildman–Crippen MR) is 108 cm³/mol. The minimum Gasteiger partial charge on any atom is -0.399 e. The third-order valence-corrected chi connectivity index (χ3v) is 5.83. The molecule has 0 spiro atoms. The summed E-state index contributed by atoms with van der Waals surface area (Å²) < 4.78 is 0. The number of hydrogen-bond acceptors (Lipinski definition) is 6. The smallest absolute Gasteiger partial charge is 0.191 e. The van der Waals surface area contributed by atoms with Gasteiger partial charge >= 0.3 is 0 Å². The number of anilines is 1. The van der Waals surface area contributed by atoms with Crippen LogP contribution in [-0.4, -0.2) is 18.1 Å². The summed E-state index contributed by atoms with van der Waals surface area (Å²) in [4.78, 5) is 6.39. The number of nitriles is 3. The number of rotatable bonds is 2. The van der Waals surface area contributed by atoms with Gasteiger partial charge in [0, 0.05) is 43.0 Å². The van der Waals surface area contributed by atoms with Crippen molar-refractivity contribution in [1.29, 1.82) is 15.8 Å². The standard InChI is InChI=1S/C23H18N6/c24-11-19-18-8-10-29(17-6-2-1-3-7-17)13-20(18)21(16-5-4-9-28-12-16)23(14-25,15-26)22(19)27/h1-9,12,20-21H,10,13,27H2/t20-,21-/m0/s1. The number of allylic oxidation sites excluding steroid dienone is 2. The summed E-state index contributed by atoms with van der Waals surface area (Å²) in [5.41, 5.74) is 7.60. The molecule has 0 bridgehead atoms. The number of benzene rings is 1. The van der Waals surface area contributed by atoms with Crippen LogP contribution in [0.2, 0.25) is 0 Å². The van der Waals surface area contributed by atoms with Crippen LogP contribution in [0, 0.1) is 45.3 Å². The maximum absolute atomic E-state index is 10.1. The molecular formula is C23H18N6. The first-order chi connectivity index (χ1) is 14.2. The summed E-state index contributed by atoms with van der Waals surface area (Å²) in [6, 6.07) is 20.1. The summed E-state index contributed by atoms with van der Waals surface area (Å²) in [5.74, 6) is -0.768. The van der Waals surface area contributed by atoms with Crippen LogP contribution in [0.5, 0.6) is 0 Å². The van der Waals surface area contributed by atoms with E-state index in [0.29, 0.717) is 13.1 Å². The molecule has 2 aromatic rings. The predicted octanol–water partition coefficient (Wildman–Crippen LogP) is 3.01. The van der Waals surface area contributed by atoms with Crippen LogP contribution in [0.4, 0.5) is 5.69 Å². The van der Waals surface area contributed by atoms with E-state index in [2.05, 4.69) is 28.1 Å². The van der Waals surface area contributed by atoms with Gasteiger partial charge in [0.15, 0.2) is 5.41 Å². The van der Waals surface area contributed by atoms with E-state index in [1.807, 2.05) is 42.5 Å². The number of nitrogens with two attached hydrogens (primary N) is 1. The maximum atomic E-state index is 10.1. The Morgan fingerprint density at radius 3 is 2.45 bits per heavy atom. The molecule has 1 aliphatic heterocycles. The van der Waals surface area contributed by atoms with Crippen LogP contribution in [0.25, 0.3) is 0 Å². The van der Waals surface area contributed by atoms with Gasteiger partial charge in [0.2, 0.25) is 0 Å². The lowest BCUT2D eigenvalue weighted by Crippen LogP contribution is -2.48. The first-order valence-corrected chi connectivity index (χ1v) is 9.29. The molecular weight excluding hydrogens is 360 g/mol. The highest BCUT2D eigenvalue weighted by Gasteiger charge is 2.54. The highest BCUT2D eigenvalue weighted by Crippen LogP contribution is 2.54. The Morgan fingerprint density at radius 1 is 1.07 bits per heavy atom. The highest BCUT2D eigenvalue weighted by atomic mass is 15.1. The summed E-state index contributed by atoms with van der Waals surface area (Å²) in [5, 5.41) is 30.0. The fourth-order valence-electron chi connectivity index (χ4n) is 4.47. The first kappa shape index (κ1) is 18.3. The Morgan fingerprint density at radius 2 is 1.83 bits per heavy atom. The molecule has 1 aromatic heterocycles. The van der Waals surface area contributed by atoms with E-state index in [-0.39, 0.29) is 17.2 Å². The van der Waals surface area contributed by atoms with E-state index < -0.39 is 11.3 Å². The zero-order valence-corrected chi connectivity index (χ0v) is 15.7. The molecule has 140 valence electrons. The molecule has 4 rings (SSSR count). The summed E-state index contributed by atoms with van der Waals surface area (Å²) in [6.07, 6.45) is 5.33. The second-order valence-electron chi connectivity index (χ2n) is 7.20. The minimum absolute atomic E-state index is 0.0366. The first-order valence-electron chi connectivity index (χ1n) is 9.29. The number of pyridine rings is 1. The van der Waals surface area contributed by atoms with E-state index >= 15 is 0 Å². The third-order valence-electron chi connectivity index (χ3n) is 5.83. The zero-order chi connectivity index (χ0) is 20.4. The average Bonchev–Trinajstić information content (AvgIpc) is 2.79. The maximum Gasteiger partial charge on any atom is 0.191 e.